The van der Waals surface area contributed by atoms with E-state index in [0.717, 1.165) is 20.1 Å². The molecule has 148 valence electrons. The molecule has 1 aromatic heterocycles. The number of halogens is 2. The summed E-state index contributed by atoms with van der Waals surface area (Å²) in [4.78, 5) is 31.3. The number of fused-ring (bicyclic) bond motifs is 2. The van der Waals surface area contributed by atoms with E-state index in [1.54, 1.807) is 54.2 Å². The Labute approximate surface area is 190 Å². The Balaban J connectivity index is 1.42. The summed E-state index contributed by atoms with van der Waals surface area (Å²) in [7, 11) is 0. The number of anilines is 1. The van der Waals surface area contributed by atoms with Crippen LogP contribution in [0.15, 0.2) is 65.0 Å². The zero-order chi connectivity index (χ0) is 20.8. The summed E-state index contributed by atoms with van der Waals surface area (Å²) in [5.41, 5.74) is 3.18. The van der Waals surface area contributed by atoms with Crippen LogP contribution in [0.25, 0.3) is 10.2 Å². The molecule has 5 rings (SSSR count). The summed E-state index contributed by atoms with van der Waals surface area (Å²) in [5, 5.41) is 1.31. The molecule has 2 amide bonds. The molecule has 0 saturated heterocycles. The van der Waals surface area contributed by atoms with Gasteiger partial charge in [-0.15, -0.1) is 11.3 Å². The first-order valence-electron chi connectivity index (χ1n) is 8.96. The monoisotopic (exact) mass is 470 g/mol. The number of benzene rings is 3. The molecule has 0 unspecified atom stereocenters. The van der Waals surface area contributed by atoms with Crippen molar-refractivity contribution in [1.82, 2.24) is 4.98 Å². The molecule has 0 aliphatic carbocycles. The highest BCUT2D eigenvalue weighted by Crippen LogP contribution is 2.36. The summed E-state index contributed by atoms with van der Waals surface area (Å²) >= 11 is 15.4. The molecule has 0 fully saturated rings. The number of thioether (sulfide) groups is 1. The van der Waals surface area contributed by atoms with Crippen molar-refractivity contribution >= 4 is 74.0 Å². The third kappa shape index (κ3) is 3.40. The van der Waals surface area contributed by atoms with Gasteiger partial charge in [0, 0.05) is 15.8 Å². The van der Waals surface area contributed by atoms with E-state index in [2.05, 4.69) is 4.98 Å². The minimum atomic E-state index is -0.301. The summed E-state index contributed by atoms with van der Waals surface area (Å²) < 4.78 is 1.78. The highest BCUT2D eigenvalue weighted by atomic mass is 35.5. The maximum absolute atomic E-state index is 12.7. The number of carbonyl (C=O) groups is 2. The summed E-state index contributed by atoms with van der Waals surface area (Å²) in [6, 6.07) is 17.7. The van der Waals surface area contributed by atoms with Crippen molar-refractivity contribution in [2.75, 3.05) is 4.90 Å². The maximum Gasteiger partial charge on any atom is 0.266 e. The van der Waals surface area contributed by atoms with Crippen LogP contribution in [0, 0.1) is 0 Å². The van der Waals surface area contributed by atoms with E-state index in [4.69, 9.17) is 23.2 Å². The van der Waals surface area contributed by atoms with Gasteiger partial charge >= 0.3 is 0 Å². The third-order valence-electron chi connectivity index (χ3n) is 4.76. The van der Waals surface area contributed by atoms with Gasteiger partial charge in [-0.1, -0.05) is 47.1 Å². The fraction of sp³-hybridized carbons (Fsp3) is 0.0455. The number of nitrogens with zero attached hydrogens (tertiary/aromatic N) is 2. The molecule has 0 bridgehead atoms. The van der Waals surface area contributed by atoms with Gasteiger partial charge in [-0.3, -0.25) is 9.59 Å². The number of carbonyl (C=O) groups excluding carboxylic acids is 2. The number of aromatic nitrogens is 1. The number of imide groups is 1. The lowest BCUT2D eigenvalue weighted by molar-refractivity contribution is 0.0926. The Morgan fingerprint density at radius 3 is 2.40 bits per heavy atom. The molecule has 8 heteroatoms. The van der Waals surface area contributed by atoms with Crippen LogP contribution in [0.2, 0.25) is 10.0 Å². The second-order valence-electron chi connectivity index (χ2n) is 6.65. The molecular weight excluding hydrogens is 459 g/mol. The predicted molar refractivity (Wildman–Crippen MR) is 123 cm³/mol. The lowest BCUT2D eigenvalue weighted by Gasteiger charge is -2.13. The average Bonchev–Trinajstić information content (AvgIpc) is 3.27. The first-order chi connectivity index (χ1) is 14.5. The van der Waals surface area contributed by atoms with E-state index >= 15 is 0 Å². The van der Waals surface area contributed by atoms with Crippen molar-refractivity contribution in [3.8, 4) is 0 Å². The van der Waals surface area contributed by atoms with Crippen molar-refractivity contribution in [2.24, 2.45) is 0 Å². The zero-order valence-corrected chi connectivity index (χ0v) is 18.4. The maximum atomic E-state index is 12.7. The molecular formula is C22H12Cl2N2O2S2. The molecule has 3 aromatic carbocycles. The van der Waals surface area contributed by atoms with Crippen LogP contribution in [-0.4, -0.2) is 16.8 Å². The van der Waals surface area contributed by atoms with Crippen LogP contribution < -0.4 is 4.90 Å². The summed E-state index contributed by atoms with van der Waals surface area (Å²) in [6.45, 7) is 0. The number of hydrogen-bond acceptors (Lipinski definition) is 5. The second kappa shape index (κ2) is 7.71. The van der Waals surface area contributed by atoms with Crippen LogP contribution in [0.4, 0.5) is 5.69 Å². The van der Waals surface area contributed by atoms with E-state index in [9.17, 15) is 9.59 Å². The summed E-state index contributed by atoms with van der Waals surface area (Å²) in [5.74, 6) is 0.0409. The highest BCUT2D eigenvalue weighted by Gasteiger charge is 2.36. The Kier molecular flexibility index (Phi) is 5.03. The first kappa shape index (κ1) is 19.6. The molecule has 4 aromatic rings. The minimum Gasteiger partial charge on any atom is -0.268 e. The van der Waals surface area contributed by atoms with Gasteiger partial charge < -0.3 is 0 Å². The summed E-state index contributed by atoms with van der Waals surface area (Å²) in [6.07, 6.45) is 0. The molecule has 2 heterocycles. The van der Waals surface area contributed by atoms with Crippen LogP contribution in [0.5, 0.6) is 0 Å². The van der Waals surface area contributed by atoms with Crippen molar-refractivity contribution in [3.05, 3.63) is 87.4 Å². The van der Waals surface area contributed by atoms with Gasteiger partial charge in [-0.05, 0) is 54.1 Å². The van der Waals surface area contributed by atoms with Crippen molar-refractivity contribution < 1.29 is 9.59 Å². The van der Waals surface area contributed by atoms with Gasteiger partial charge in [0.1, 0.15) is 0 Å². The van der Waals surface area contributed by atoms with Gasteiger partial charge in [0.05, 0.1) is 27.0 Å². The molecule has 1 aliphatic rings. The lowest BCUT2D eigenvalue weighted by Crippen LogP contribution is -2.29. The standard InChI is InChI=1S/C22H12Cl2N2O2S2/c23-13-5-7-17(24)12(9-13)11-29-22-25-18-8-6-14(10-19(18)30-22)26-20(27)15-3-1-2-4-16(15)21(26)28/h1-10H,11H2. The van der Waals surface area contributed by atoms with Crippen molar-refractivity contribution in [3.63, 3.8) is 0 Å². The van der Waals surface area contributed by atoms with Gasteiger partial charge in [-0.25, -0.2) is 9.88 Å². The van der Waals surface area contributed by atoms with Crippen LogP contribution in [0.1, 0.15) is 26.3 Å². The molecule has 0 radical (unpaired) electrons. The molecule has 0 N–H and O–H groups in total. The van der Waals surface area contributed by atoms with Crippen molar-refractivity contribution in [1.29, 1.82) is 0 Å². The van der Waals surface area contributed by atoms with Crippen molar-refractivity contribution in [2.45, 2.75) is 10.1 Å². The predicted octanol–water partition coefficient (Wildman–Crippen LogP) is 6.70. The van der Waals surface area contributed by atoms with Crippen LogP contribution >= 0.6 is 46.3 Å². The molecule has 4 nitrogen and oxygen atoms in total. The second-order valence-corrected chi connectivity index (χ2v) is 9.74. The fourth-order valence-corrected chi connectivity index (χ4v) is 5.86. The van der Waals surface area contributed by atoms with Crippen LogP contribution in [0.3, 0.4) is 0 Å². The van der Waals surface area contributed by atoms with Crippen LogP contribution in [-0.2, 0) is 5.75 Å². The normalized spacial score (nSPS) is 13.3. The van der Waals surface area contributed by atoms with E-state index in [-0.39, 0.29) is 11.8 Å². The quantitative estimate of drug-likeness (QED) is 0.246. The average molecular weight is 471 g/mol. The number of rotatable bonds is 4. The lowest BCUT2D eigenvalue weighted by atomic mass is 10.1. The van der Waals surface area contributed by atoms with E-state index < -0.39 is 0 Å². The Hall–Kier alpha value is -2.38. The topological polar surface area (TPSA) is 50.3 Å². The SMILES string of the molecule is O=C1c2ccccc2C(=O)N1c1ccc2nc(SCc3cc(Cl)ccc3Cl)sc2c1. The minimum absolute atomic E-state index is 0.301. The largest absolute Gasteiger partial charge is 0.268 e. The fourth-order valence-electron chi connectivity index (χ4n) is 3.31. The zero-order valence-electron chi connectivity index (χ0n) is 15.3. The Morgan fingerprint density at radius 2 is 1.67 bits per heavy atom. The van der Waals surface area contributed by atoms with Gasteiger partial charge in [-0.2, -0.15) is 0 Å². The number of hydrogen-bond donors (Lipinski definition) is 0. The van der Waals surface area contributed by atoms with Gasteiger partial charge in [0.15, 0.2) is 4.34 Å². The molecule has 30 heavy (non-hydrogen) atoms. The van der Waals surface area contributed by atoms with E-state index in [0.29, 0.717) is 32.6 Å². The molecule has 1 aliphatic heterocycles. The Bertz CT molecular complexity index is 1300. The molecule has 0 saturated carbocycles. The van der Waals surface area contributed by atoms with Gasteiger partial charge in [0.25, 0.3) is 11.8 Å². The molecule has 0 atom stereocenters. The van der Waals surface area contributed by atoms with E-state index in [1.807, 2.05) is 18.2 Å². The highest BCUT2D eigenvalue weighted by molar-refractivity contribution is 8.00. The smallest absolute Gasteiger partial charge is 0.266 e. The number of thiazole rings is 1. The van der Waals surface area contributed by atoms with E-state index in [1.165, 1.54) is 16.2 Å². The first-order valence-corrected chi connectivity index (χ1v) is 11.5. The molecule has 0 spiro atoms. The number of amides is 2. The Morgan fingerprint density at radius 1 is 0.933 bits per heavy atom. The van der Waals surface area contributed by atoms with Gasteiger partial charge in [0.2, 0.25) is 0 Å². The third-order valence-corrected chi connectivity index (χ3v) is 7.58.